The molecule has 3 rings (SSSR count). The first-order valence-electron chi connectivity index (χ1n) is 7.35. The van der Waals surface area contributed by atoms with E-state index in [4.69, 9.17) is 0 Å². The summed E-state index contributed by atoms with van der Waals surface area (Å²) in [5.74, 6) is -0.0169. The van der Waals surface area contributed by atoms with E-state index in [2.05, 4.69) is 5.32 Å². The van der Waals surface area contributed by atoms with Crippen LogP contribution in [-0.2, 0) is 0 Å². The average molecular weight is 326 g/mol. The summed E-state index contributed by atoms with van der Waals surface area (Å²) in [5.41, 5.74) is 1.26. The number of likely N-dealkylation sites (tertiary alicyclic amines) is 1. The highest BCUT2D eigenvalue weighted by atomic mass is 35.5. The van der Waals surface area contributed by atoms with Gasteiger partial charge in [-0.1, -0.05) is 0 Å². The molecule has 22 heavy (non-hydrogen) atoms. The summed E-state index contributed by atoms with van der Waals surface area (Å²) < 4.78 is 0. The predicted octanol–water partition coefficient (Wildman–Crippen LogP) is 2.29. The summed E-state index contributed by atoms with van der Waals surface area (Å²) in [6.07, 6.45) is 3.30. The van der Waals surface area contributed by atoms with Crippen LogP contribution in [0.25, 0.3) is 0 Å². The molecule has 120 valence electrons. The third-order valence-corrected chi connectivity index (χ3v) is 4.46. The number of halogens is 1. The zero-order valence-electron chi connectivity index (χ0n) is 12.4. The summed E-state index contributed by atoms with van der Waals surface area (Å²) in [5, 5.41) is 14.3. The average Bonchev–Trinajstić information content (AvgIpc) is 2.77. The van der Waals surface area contributed by atoms with Crippen molar-refractivity contribution >= 4 is 24.0 Å². The van der Waals surface area contributed by atoms with Crippen molar-refractivity contribution in [3.63, 3.8) is 0 Å². The van der Waals surface area contributed by atoms with E-state index in [1.807, 2.05) is 4.90 Å². The minimum atomic E-state index is -0.434. The predicted molar refractivity (Wildman–Crippen MR) is 85.5 cm³/mol. The number of non-ortho nitro benzene ring substituents is 1. The first-order chi connectivity index (χ1) is 10.0. The van der Waals surface area contributed by atoms with E-state index in [0.717, 1.165) is 25.9 Å². The highest BCUT2D eigenvalue weighted by Crippen LogP contribution is 2.23. The Balaban J connectivity index is 0.00000176. The maximum absolute atomic E-state index is 12.7. The van der Waals surface area contributed by atoms with Crippen molar-refractivity contribution in [3.05, 3.63) is 39.4 Å². The number of hydrogen-bond donors (Lipinski definition) is 1. The minimum Gasteiger partial charge on any atom is -0.337 e. The van der Waals surface area contributed by atoms with E-state index in [1.54, 1.807) is 13.0 Å². The van der Waals surface area contributed by atoms with Crippen molar-refractivity contribution in [1.82, 2.24) is 10.2 Å². The second kappa shape index (κ2) is 6.62. The van der Waals surface area contributed by atoms with Crippen molar-refractivity contribution in [1.29, 1.82) is 0 Å². The molecule has 2 bridgehead atoms. The van der Waals surface area contributed by atoms with Crippen LogP contribution in [0.4, 0.5) is 5.69 Å². The molecule has 0 aromatic heterocycles. The molecule has 2 saturated heterocycles. The lowest BCUT2D eigenvalue weighted by Gasteiger charge is -2.25. The lowest BCUT2D eigenvalue weighted by Crippen LogP contribution is -2.39. The second-order valence-electron chi connectivity index (χ2n) is 5.93. The Morgan fingerprint density at radius 1 is 1.32 bits per heavy atom. The topological polar surface area (TPSA) is 75.5 Å². The Labute approximate surface area is 135 Å². The van der Waals surface area contributed by atoms with Gasteiger partial charge >= 0.3 is 0 Å². The van der Waals surface area contributed by atoms with Gasteiger partial charge in [-0.05, 0) is 37.8 Å². The smallest absolute Gasteiger partial charge is 0.269 e. The van der Waals surface area contributed by atoms with Gasteiger partial charge in [-0.2, -0.15) is 0 Å². The van der Waals surface area contributed by atoms with Crippen molar-refractivity contribution in [3.8, 4) is 0 Å². The highest BCUT2D eigenvalue weighted by Gasteiger charge is 2.31. The number of aryl methyl sites for hydroxylation is 1. The number of nitro benzene ring substituents is 1. The zero-order valence-corrected chi connectivity index (χ0v) is 13.3. The van der Waals surface area contributed by atoms with Gasteiger partial charge in [-0.3, -0.25) is 14.9 Å². The van der Waals surface area contributed by atoms with Gasteiger partial charge in [0.05, 0.1) is 4.92 Å². The van der Waals surface area contributed by atoms with Gasteiger partial charge in [0, 0.05) is 42.9 Å². The number of amides is 1. The Hall–Kier alpha value is -1.66. The lowest BCUT2D eigenvalue weighted by molar-refractivity contribution is -0.384. The molecule has 2 heterocycles. The van der Waals surface area contributed by atoms with Crippen molar-refractivity contribution in [2.45, 2.75) is 38.3 Å². The Bertz CT molecular complexity index is 593. The number of carbonyl (C=O) groups excluding carboxylic acids is 1. The number of hydrogen-bond acceptors (Lipinski definition) is 4. The monoisotopic (exact) mass is 325 g/mol. The molecule has 0 radical (unpaired) electrons. The van der Waals surface area contributed by atoms with Gasteiger partial charge in [-0.25, -0.2) is 0 Å². The van der Waals surface area contributed by atoms with E-state index in [-0.39, 0.29) is 24.0 Å². The maximum atomic E-state index is 12.7. The molecule has 0 aliphatic carbocycles. The molecular formula is C15H20ClN3O3. The van der Waals surface area contributed by atoms with E-state index in [1.165, 1.54) is 18.6 Å². The van der Waals surface area contributed by atoms with E-state index in [9.17, 15) is 14.9 Å². The number of nitrogens with zero attached hydrogens (tertiary/aromatic N) is 2. The summed E-state index contributed by atoms with van der Waals surface area (Å²) in [7, 11) is 0. The first-order valence-corrected chi connectivity index (χ1v) is 7.35. The molecule has 2 atom stereocenters. The number of rotatable bonds is 2. The molecule has 0 saturated carbocycles. The Morgan fingerprint density at radius 2 is 2.05 bits per heavy atom. The molecule has 2 aliphatic rings. The standard InChI is InChI=1S/C15H19N3O3.ClH/c1-10-8-13(18(20)21)4-5-14(10)15(19)17-7-6-11-2-3-12(9-17)16-11;/h4-5,8,11-12,16H,2-3,6-7,9H2,1H3;1H. The van der Waals surface area contributed by atoms with E-state index >= 15 is 0 Å². The molecule has 7 heteroatoms. The summed E-state index contributed by atoms with van der Waals surface area (Å²) in [4.78, 5) is 24.9. The summed E-state index contributed by atoms with van der Waals surface area (Å²) in [6.45, 7) is 3.23. The zero-order chi connectivity index (χ0) is 15.0. The number of carbonyl (C=O) groups is 1. The maximum Gasteiger partial charge on any atom is 0.269 e. The summed E-state index contributed by atoms with van der Waals surface area (Å²) >= 11 is 0. The van der Waals surface area contributed by atoms with Crippen LogP contribution >= 0.6 is 12.4 Å². The fourth-order valence-corrected chi connectivity index (χ4v) is 3.30. The molecule has 1 amide bonds. The van der Waals surface area contributed by atoms with E-state index in [0.29, 0.717) is 23.2 Å². The van der Waals surface area contributed by atoms with Gasteiger partial charge < -0.3 is 10.2 Å². The third-order valence-electron chi connectivity index (χ3n) is 4.46. The normalized spacial score (nSPS) is 23.6. The molecule has 1 aromatic carbocycles. The van der Waals surface area contributed by atoms with Crippen LogP contribution in [0.15, 0.2) is 18.2 Å². The van der Waals surface area contributed by atoms with Crippen LogP contribution in [0.5, 0.6) is 0 Å². The van der Waals surface area contributed by atoms with Gasteiger partial charge in [0.1, 0.15) is 0 Å². The van der Waals surface area contributed by atoms with Crippen LogP contribution in [0.1, 0.15) is 35.2 Å². The molecule has 6 nitrogen and oxygen atoms in total. The van der Waals surface area contributed by atoms with Crippen molar-refractivity contribution < 1.29 is 9.72 Å². The van der Waals surface area contributed by atoms with E-state index < -0.39 is 4.92 Å². The molecule has 2 fully saturated rings. The van der Waals surface area contributed by atoms with Gasteiger partial charge in [0.2, 0.25) is 0 Å². The number of benzene rings is 1. The third kappa shape index (κ3) is 3.23. The van der Waals surface area contributed by atoms with Crippen LogP contribution in [0.3, 0.4) is 0 Å². The largest absolute Gasteiger partial charge is 0.337 e. The number of nitro groups is 1. The van der Waals surface area contributed by atoms with Gasteiger partial charge in [0.15, 0.2) is 0 Å². The van der Waals surface area contributed by atoms with Crippen molar-refractivity contribution in [2.24, 2.45) is 0 Å². The quantitative estimate of drug-likeness (QED) is 0.668. The van der Waals surface area contributed by atoms with Gasteiger partial charge in [0.25, 0.3) is 11.6 Å². The first kappa shape index (κ1) is 16.7. The highest BCUT2D eigenvalue weighted by molar-refractivity contribution is 5.96. The van der Waals surface area contributed by atoms with Crippen molar-refractivity contribution in [2.75, 3.05) is 13.1 Å². The Morgan fingerprint density at radius 3 is 2.73 bits per heavy atom. The molecular weight excluding hydrogens is 306 g/mol. The fourth-order valence-electron chi connectivity index (χ4n) is 3.30. The fraction of sp³-hybridized carbons (Fsp3) is 0.533. The van der Waals surface area contributed by atoms with Gasteiger partial charge in [-0.15, -0.1) is 12.4 Å². The molecule has 1 aromatic rings. The van der Waals surface area contributed by atoms with Crippen LogP contribution in [-0.4, -0.2) is 40.9 Å². The van der Waals surface area contributed by atoms with Crippen LogP contribution in [0.2, 0.25) is 0 Å². The lowest BCUT2D eigenvalue weighted by atomic mass is 10.0. The number of fused-ring (bicyclic) bond motifs is 2. The molecule has 0 spiro atoms. The Kier molecular flexibility index (Phi) is 5.03. The van der Waals surface area contributed by atoms with Crippen LogP contribution < -0.4 is 5.32 Å². The summed E-state index contributed by atoms with van der Waals surface area (Å²) in [6, 6.07) is 5.37. The minimum absolute atomic E-state index is 0. The van der Waals surface area contributed by atoms with Crippen LogP contribution in [0, 0.1) is 17.0 Å². The molecule has 1 N–H and O–H groups in total. The molecule has 2 aliphatic heterocycles. The second-order valence-corrected chi connectivity index (χ2v) is 5.93. The number of nitrogens with one attached hydrogen (secondary N) is 1. The molecule has 2 unspecified atom stereocenters. The SMILES string of the molecule is Cc1cc([N+](=O)[O-])ccc1C(=O)N1CCC2CCC(C1)N2.Cl.